The summed E-state index contributed by atoms with van der Waals surface area (Å²) in [6.07, 6.45) is 8.75. The minimum atomic E-state index is -1.56. The van der Waals surface area contributed by atoms with E-state index in [-0.39, 0.29) is 5.91 Å². The van der Waals surface area contributed by atoms with Crippen LogP contribution in [0.2, 0.25) is 0 Å². The molecule has 1 heterocycles. The highest BCUT2D eigenvalue weighted by Gasteiger charge is 2.22. The first-order valence-electron chi connectivity index (χ1n) is 12.2. The number of nitrogens with zero attached hydrogens (tertiary/aromatic N) is 4. The Morgan fingerprint density at radius 2 is 1.82 bits per heavy atom. The quantitative estimate of drug-likeness (QED) is 0.224. The molecule has 0 aliphatic heterocycles. The van der Waals surface area contributed by atoms with Gasteiger partial charge in [-0.25, -0.2) is 4.68 Å². The lowest BCUT2D eigenvalue weighted by Gasteiger charge is -2.28. The van der Waals surface area contributed by atoms with E-state index in [9.17, 15) is 14.8 Å². The third-order valence-corrected chi connectivity index (χ3v) is 6.33. The zero-order valence-electron chi connectivity index (χ0n) is 21.5. The second-order valence-electron chi connectivity index (χ2n) is 8.83. The van der Waals surface area contributed by atoms with Crippen LogP contribution < -0.4 is 15.7 Å². The van der Waals surface area contributed by atoms with Crippen molar-refractivity contribution >= 4 is 52.9 Å². The van der Waals surface area contributed by atoms with E-state index in [2.05, 4.69) is 51.9 Å². The van der Waals surface area contributed by atoms with Gasteiger partial charge in [0.2, 0.25) is 5.91 Å². The van der Waals surface area contributed by atoms with Crippen molar-refractivity contribution < 1.29 is 14.8 Å². The maximum absolute atomic E-state index is 11.7. The number of amides is 1. The maximum Gasteiger partial charge on any atom is 0.488 e. The lowest BCUT2D eigenvalue weighted by Crippen LogP contribution is -2.35. The summed E-state index contributed by atoms with van der Waals surface area (Å²) in [5, 5.41) is 32.7. The van der Waals surface area contributed by atoms with Gasteiger partial charge < -0.3 is 20.3 Å². The van der Waals surface area contributed by atoms with Crippen molar-refractivity contribution in [1.82, 2.24) is 15.0 Å². The van der Waals surface area contributed by atoms with Gasteiger partial charge in [-0.1, -0.05) is 85.1 Å². The number of carbonyl (C=O) groups excluding carboxylic acids is 1. The zero-order chi connectivity index (χ0) is 27.2. The standard InChI is InChI=1S/C29H30BN5O3/c1-5-12-22-21(6-2)29(34(4)17-20-13-8-11-16-26(20)30(37)38)24-15-10-9-14-23(24)25(22)18-35-19-27(32-33-35)31-28(36)7-3/h5-16,19,37-38H,2-3,17-18H2,1,4H3,(H,31,36). The van der Waals surface area contributed by atoms with Gasteiger partial charge in [-0.05, 0) is 40.5 Å². The molecule has 1 aromatic heterocycles. The Morgan fingerprint density at radius 3 is 2.50 bits per heavy atom. The van der Waals surface area contributed by atoms with Gasteiger partial charge in [0.1, 0.15) is 0 Å². The molecule has 0 bridgehead atoms. The predicted molar refractivity (Wildman–Crippen MR) is 155 cm³/mol. The summed E-state index contributed by atoms with van der Waals surface area (Å²) in [6, 6.07) is 15.4. The topological polar surface area (TPSA) is 104 Å². The molecule has 3 N–H and O–H groups in total. The fourth-order valence-electron chi connectivity index (χ4n) is 4.72. The minimum Gasteiger partial charge on any atom is -0.423 e. The number of benzene rings is 3. The number of rotatable bonds is 10. The van der Waals surface area contributed by atoms with Crippen LogP contribution >= 0.6 is 0 Å². The third kappa shape index (κ3) is 5.44. The summed E-state index contributed by atoms with van der Waals surface area (Å²) in [5.41, 5.74) is 5.24. The van der Waals surface area contributed by atoms with E-state index in [1.54, 1.807) is 23.0 Å². The molecule has 4 aromatic rings. The van der Waals surface area contributed by atoms with E-state index in [0.29, 0.717) is 24.4 Å². The van der Waals surface area contributed by atoms with Gasteiger partial charge in [0.15, 0.2) is 5.82 Å². The second kappa shape index (κ2) is 11.7. The van der Waals surface area contributed by atoms with Crippen LogP contribution in [0, 0.1) is 0 Å². The molecule has 0 saturated carbocycles. The van der Waals surface area contributed by atoms with E-state index in [1.165, 1.54) is 6.08 Å². The van der Waals surface area contributed by atoms with Crippen molar-refractivity contribution in [3.05, 3.63) is 102 Å². The van der Waals surface area contributed by atoms with Crippen LogP contribution in [-0.2, 0) is 17.9 Å². The van der Waals surface area contributed by atoms with E-state index < -0.39 is 7.12 Å². The number of hydrogen-bond donors (Lipinski definition) is 3. The van der Waals surface area contributed by atoms with E-state index >= 15 is 0 Å². The van der Waals surface area contributed by atoms with Crippen LogP contribution in [-0.4, -0.2) is 45.1 Å². The molecule has 0 unspecified atom stereocenters. The van der Waals surface area contributed by atoms with Crippen molar-refractivity contribution in [3.8, 4) is 0 Å². The molecule has 1 amide bonds. The Kier molecular flexibility index (Phi) is 8.20. The summed E-state index contributed by atoms with van der Waals surface area (Å²) in [5.74, 6) is -0.00875. The van der Waals surface area contributed by atoms with Gasteiger partial charge in [-0.3, -0.25) is 4.79 Å². The lowest BCUT2D eigenvalue weighted by atomic mass is 9.77. The molecule has 0 fully saturated rings. The van der Waals surface area contributed by atoms with E-state index in [1.807, 2.05) is 50.4 Å². The number of hydrogen-bond acceptors (Lipinski definition) is 6. The molecule has 9 heteroatoms. The minimum absolute atomic E-state index is 0.344. The average molecular weight is 507 g/mol. The molecule has 0 spiro atoms. The summed E-state index contributed by atoms with van der Waals surface area (Å²) in [6.45, 7) is 10.4. The predicted octanol–water partition coefficient (Wildman–Crippen LogP) is 3.60. The molecule has 38 heavy (non-hydrogen) atoms. The summed E-state index contributed by atoms with van der Waals surface area (Å²) < 4.78 is 1.68. The normalized spacial score (nSPS) is 11.1. The molecule has 0 saturated heterocycles. The maximum atomic E-state index is 11.7. The molecular formula is C29H30BN5O3. The lowest BCUT2D eigenvalue weighted by molar-refractivity contribution is -0.111. The molecule has 0 aliphatic rings. The van der Waals surface area contributed by atoms with E-state index in [4.69, 9.17) is 0 Å². The third-order valence-electron chi connectivity index (χ3n) is 6.33. The first-order valence-corrected chi connectivity index (χ1v) is 12.2. The highest BCUT2D eigenvalue weighted by molar-refractivity contribution is 6.59. The number of fused-ring (bicyclic) bond motifs is 1. The van der Waals surface area contributed by atoms with Gasteiger partial charge in [-0.15, -0.1) is 5.10 Å². The Hall–Kier alpha value is -4.47. The van der Waals surface area contributed by atoms with Crippen LogP contribution in [0.4, 0.5) is 11.5 Å². The molecular weight excluding hydrogens is 477 g/mol. The number of aromatic nitrogens is 3. The van der Waals surface area contributed by atoms with Crippen molar-refractivity contribution in [2.75, 3.05) is 17.3 Å². The molecule has 192 valence electrons. The second-order valence-corrected chi connectivity index (χ2v) is 8.83. The van der Waals surface area contributed by atoms with Crippen LogP contribution in [0.3, 0.4) is 0 Å². The van der Waals surface area contributed by atoms with Gasteiger partial charge in [0.25, 0.3) is 0 Å². The Labute approximate surface area is 222 Å². The van der Waals surface area contributed by atoms with Crippen molar-refractivity contribution in [1.29, 1.82) is 0 Å². The summed E-state index contributed by atoms with van der Waals surface area (Å²) in [4.78, 5) is 13.8. The molecule has 3 aromatic carbocycles. The number of allylic oxidation sites excluding steroid dienone is 1. The van der Waals surface area contributed by atoms with Crippen molar-refractivity contribution in [3.63, 3.8) is 0 Å². The molecule has 8 nitrogen and oxygen atoms in total. The number of carbonyl (C=O) groups is 1. The molecule has 0 aliphatic carbocycles. The monoisotopic (exact) mass is 507 g/mol. The van der Waals surface area contributed by atoms with Crippen LogP contribution in [0.15, 0.2) is 80.0 Å². The van der Waals surface area contributed by atoms with E-state index in [0.717, 1.165) is 38.7 Å². The molecule has 0 radical (unpaired) electrons. The van der Waals surface area contributed by atoms with Crippen molar-refractivity contribution in [2.45, 2.75) is 20.0 Å². The van der Waals surface area contributed by atoms with Gasteiger partial charge >= 0.3 is 7.12 Å². The smallest absolute Gasteiger partial charge is 0.423 e. The fraction of sp³-hybridized carbons (Fsp3) is 0.138. The first-order chi connectivity index (χ1) is 18.4. The summed E-state index contributed by atoms with van der Waals surface area (Å²) in [7, 11) is 0.431. The highest BCUT2D eigenvalue weighted by atomic mass is 16.4. The Bertz CT molecular complexity index is 1530. The van der Waals surface area contributed by atoms with Crippen molar-refractivity contribution in [2.24, 2.45) is 0 Å². The highest BCUT2D eigenvalue weighted by Crippen LogP contribution is 2.39. The number of nitrogens with one attached hydrogen (secondary N) is 1. The largest absolute Gasteiger partial charge is 0.488 e. The fourth-order valence-corrected chi connectivity index (χ4v) is 4.72. The summed E-state index contributed by atoms with van der Waals surface area (Å²) >= 11 is 0. The first kappa shape index (κ1) is 26.6. The number of anilines is 2. The Morgan fingerprint density at radius 1 is 1.11 bits per heavy atom. The van der Waals surface area contributed by atoms with Crippen LogP contribution in [0.1, 0.15) is 29.2 Å². The van der Waals surface area contributed by atoms with Crippen LogP contribution in [0.25, 0.3) is 22.9 Å². The zero-order valence-corrected chi connectivity index (χ0v) is 21.5. The Balaban J connectivity index is 1.85. The van der Waals surface area contributed by atoms with Gasteiger partial charge in [-0.2, -0.15) is 0 Å². The van der Waals surface area contributed by atoms with Gasteiger partial charge in [0, 0.05) is 24.5 Å². The SMILES string of the molecule is C=CC(=O)Nc1cn(Cc2c(C=CC)c(C=C)c(N(C)Cc3ccccc3B(O)O)c3ccccc23)nn1. The molecule has 4 rings (SSSR count). The van der Waals surface area contributed by atoms with Gasteiger partial charge in [0.05, 0.1) is 18.4 Å². The average Bonchev–Trinajstić information content (AvgIpc) is 3.36. The molecule has 0 atom stereocenters. The van der Waals surface area contributed by atoms with Crippen LogP contribution in [0.5, 0.6) is 0 Å².